The van der Waals surface area contributed by atoms with Crippen LogP contribution in [0.25, 0.3) is 0 Å². The predicted octanol–water partition coefficient (Wildman–Crippen LogP) is 5.66. The van der Waals surface area contributed by atoms with Crippen LogP contribution in [-0.2, 0) is 42.7 Å². The maximum Gasteiger partial charge on any atom is 0.305 e. The quantitative estimate of drug-likeness (QED) is 0.0760. The molecule has 0 aromatic heterocycles. The van der Waals surface area contributed by atoms with Crippen LogP contribution in [0.5, 0.6) is 0 Å². The minimum atomic E-state index is -0.146. The highest BCUT2D eigenvalue weighted by molar-refractivity contribution is 5.69. The van der Waals surface area contributed by atoms with Crippen molar-refractivity contribution in [2.24, 2.45) is 0 Å². The van der Waals surface area contributed by atoms with Gasteiger partial charge in [-0.3, -0.25) is 9.59 Å². The van der Waals surface area contributed by atoms with E-state index >= 15 is 0 Å². The third-order valence-electron chi connectivity index (χ3n) is 5.94. The van der Waals surface area contributed by atoms with Gasteiger partial charge in [-0.2, -0.15) is 0 Å². The Morgan fingerprint density at radius 1 is 0.359 bits per heavy atom. The van der Waals surface area contributed by atoms with Crippen LogP contribution >= 0.6 is 0 Å². The molecule has 0 rings (SSSR count). The van der Waals surface area contributed by atoms with E-state index in [0.717, 1.165) is 25.7 Å². The standard InChI is InChI=1S/C30H58O9/c1-3-5-7-9-10-12-14-16-30(32)39-28-26-37-24-22-35-20-18-33-17-19-34-21-23-36-25-27-38-29(31)15-13-11-8-6-4-2/h3-28H2,1-2H3. The second-order valence-corrected chi connectivity index (χ2v) is 9.54. The summed E-state index contributed by atoms with van der Waals surface area (Å²) < 4.78 is 37.5. The van der Waals surface area contributed by atoms with E-state index in [0.29, 0.717) is 78.9 Å². The molecule has 0 radical (unpaired) electrons. The van der Waals surface area contributed by atoms with Crippen LogP contribution in [0.15, 0.2) is 0 Å². The molecule has 0 aliphatic carbocycles. The van der Waals surface area contributed by atoms with E-state index in [4.69, 9.17) is 33.2 Å². The molecule has 0 spiro atoms. The summed E-state index contributed by atoms with van der Waals surface area (Å²) in [5.74, 6) is -0.287. The Hall–Kier alpha value is -1.26. The van der Waals surface area contributed by atoms with E-state index in [1.807, 2.05) is 0 Å². The number of esters is 2. The number of carbonyl (C=O) groups is 2. The first-order valence-corrected chi connectivity index (χ1v) is 15.4. The molecule has 0 aromatic rings. The van der Waals surface area contributed by atoms with Crippen molar-refractivity contribution in [3.63, 3.8) is 0 Å². The molecule has 0 fully saturated rings. The van der Waals surface area contributed by atoms with Gasteiger partial charge >= 0.3 is 11.9 Å². The molecule has 0 saturated carbocycles. The first-order valence-electron chi connectivity index (χ1n) is 15.4. The van der Waals surface area contributed by atoms with E-state index in [1.165, 1.54) is 51.4 Å². The van der Waals surface area contributed by atoms with E-state index in [-0.39, 0.29) is 25.2 Å². The highest BCUT2D eigenvalue weighted by atomic mass is 16.6. The molecule has 0 amide bonds. The van der Waals surface area contributed by atoms with Crippen molar-refractivity contribution in [3.8, 4) is 0 Å². The number of rotatable bonds is 32. The molecule has 9 nitrogen and oxygen atoms in total. The fraction of sp³-hybridized carbons (Fsp3) is 0.933. The summed E-state index contributed by atoms with van der Waals surface area (Å²) >= 11 is 0. The van der Waals surface area contributed by atoms with Crippen molar-refractivity contribution in [1.29, 1.82) is 0 Å². The minimum Gasteiger partial charge on any atom is -0.463 e. The van der Waals surface area contributed by atoms with Gasteiger partial charge in [-0.25, -0.2) is 0 Å². The van der Waals surface area contributed by atoms with Crippen molar-refractivity contribution < 1.29 is 42.7 Å². The largest absolute Gasteiger partial charge is 0.463 e. The highest BCUT2D eigenvalue weighted by Crippen LogP contribution is 2.09. The molecule has 9 heteroatoms. The summed E-state index contributed by atoms with van der Waals surface area (Å²) in [6, 6.07) is 0. The lowest BCUT2D eigenvalue weighted by molar-refractivity contribution is -0.146. The van der Waals surface area contributed by atoms with Gasteiger partial charge in [0.25, 0.3) is 0 Å². The third kappa shape index (κ3) is 32.8. The van der Waals surface area contributed by atoms with Crippen molar-refractivity contribution in [1.82, 2.24) is 0 Å². The van der Waals surface area contributed by atoms with Gasteiger partial charge < -0.3 is 33.2 Å². The summed E-state index contributed by atoms with van der Waals surface area (Å²) in [4.78, 5) is 23.3. The first-order chi connectivity index (χ1) is 19.2. The smallest absolute Gasteiger partial charge is 0.305 e. The summed E-state index contributed by atoms with van der Waals surface area (Å²) in [7, 11) is 0. The summed E-state index contributed by atoms with van der Waals surface area (Å²) in [6.45, 7) is 9.51. The van der Waals surface area contributed by atoms with Crippen molar-refractivity contribution in [2.75, 3.05) is 79.3 Å². The van der Waals surface area contributed by atoms with Crippen LogP contribution in [0.1, 0.15) is 104 Å². The maximum atomic E-state index is 11.7. The number of hydrogen-bond donors (Lipinski definition) is 0. The van der Waals surface area contributed by atoms with Gasteiger partial charge in [0.2, 0.25) is 0 Å². The van der Waals surface area contributed by atoms with Crippen molar-refractivity contribution in [3.05, 3.63) is 0 Å². The number of ether oxygens (including phenoxy) is 7. The van der Waals surface area contributed by atoms with Gasteiger partial charge in [-0.1, -0.05) is 78.1 Å². The number of unbranched alkanes of at least 4 members (excludes halogenated alkanes) is 10. The summed E-state index contributed by atoms with van der Waals surface area (Å²) in [6.07, 6.45) is 14.9. The van der Waals surface area contributed by atoms with Crippen LogP contribution in [0, 0.1) is 0 Å². The first kappa shape index (κ1) is 37.7. The normalized spacial score (nSPS) is 11.1. The summed E-state index contributed by atoms with van der Waals surface area (Å²) in [5, 5.41) is 0. The van der Waals surface area contributed by atoms with E-state index in [9.17, 15) is 9.59 Å². The molecule has 0 saturated heterocycles. The van der Waals surface area contributed by atoms with Gasteiger partial charge in [0.1, 0.15) is 13.2 Å². The maximum absolute atomic E-state index is 11.7. The fourth-order valence-electron chi connectivity index (χ4n) is 3.65. The van der Waals surface area contributed by atoms with E-state index < -0.39 is 0 Å². The third-order valence-corrected chi connectivity index (χ3v) is 5.94. The zero-order valence-electron chi connectivity index (χ0n) is 25.1. The Balaban J connectivity index is 3.17. The summed E-state index contributed by atoms with van der Waals surface area (Å²) in [5.41, 5.74) is 0. The lowest BCUT2D eigenvalue weighted by atomic mass is 10.1. The van der Waals surface area contributed by atoms with Crippen LogP contribution in [0.3, 0.4) is 0 Å². The van der Waals surface area contributed by atoms with Crippen LogP contribution < -0.4 is 0 Å². The average Bonchev–Trinajstić information content (AvgIpc) is 2.93. The predicted molar refractivity (Wildman–Crippen MR) is 152 cm³/mol. The molecule has 0 N–H and O–H groups in total. The molecule has 39 heavy (non-hydrogen) atoms. The van der Waals surface area contributed by atoms with E-state index in [2.05, 4.69) is 13.8 Å². The van der Waals surface area contributed by atoms with Crippen molar-refractivity contribution in [2.45, 2.75) is 104 Å². The number of carbonyl (C=O) groups excluding carboxylic acids is 2. The van der Waals surface area contributed by atoms with Crippen LogP contribution in [-0.4, -0.2) is 91.2 Å². The minimum absolute atomic E-state index is 0.140. The Morgan fingerprint density at radius 2 is 0.615 bits per heavy atom. The van der Waals surface area contributed by atoms with E-state index in [1.54, 1.807) is 0 Å². The van der Waals surface area contributed by atoms with Crippen LogP contribution in [0.2, 0.25) is 0 Å². The zero-order chi connectivity index (χ0) is 28.5. The second kappa shape index (κ2) is 32.9. The van der Waals surface area contributed by atoms with Gasteiger partial charge in [0.15, 0.2) is 0 Å². The zero-order valence-corrected chi connectivity index (χ0v) is 25.1. The lowest BCUT2D eigenvalue weighted by Gasteiger charge is -2.08. The van der Waals surface area contributed by atoms with Gasteiger partial charge in [-0.05, 0) is 12.8 Å². The molecule has 0 aromatic carbocycles. The van der Waals surface area contributed by atoms with Gasteiger partial charge in [0.05, 0.1) is 66.1 Å². The van der Waals surface area contributed by atoms with Gasteiger partial charge in [-0.15, -0.1) is 0 Å². The molecular formula is C30H58O9. The second-order valence-electron chi connectivity index (χ2n) is 9.54. The van der Waals surface area contributed by atoms with Crippen LogP contribution in [0.4, 0.5) is 0 Å². The molecule has 0 aliphatic rings. The molecule has 0 unspecified atom stereocenters. The monoisotopic (exact) mass is 562 g/mol. The van der Waals surface area contributed by atoms with Gasteiger partial charge in [0, 0.05) is 12.8 Å². The molecule has 0 heterocycles. The lowest BCUT2D eigenvalue weighted by Crippen LogP contribution is -2.15. The molecule has 0 aliphatic heterocycles. The van der Waals surface area contributed by atoms with Crippen molar-refractivity contribution >= 4 is 11.9 Å². The molecule has 232 valence electrons. The molecule has 0 bridgehead atoms. The molecule has 0 atom stereocenters. The Morgan fingerprint density at radius 3 is 0.923 bits per heavy atom. The Labute approximate surface area is 237 Å². The molecular weight excluding hydrogens is 504 g/mol. The Bertz CT molecular complexity index is 517. The Kier molecular flexibility index (Phi) is 31.9. The SMILES string of the molecule is CCCCCCCCCC(=O)OCCOCCOCCOCCOCCOCCOC(=O)CCCCCCC. The fourth-order valence-corrected chi connectivity index (χ4v) is 3.65. The average molecular weight is 563 g/mol. The topological polar surface area (TPSA) is 98.8 Å². The highest BCUT2D eigenvalue weighted by Gasteiger charge is 2.03. The number of hydrogen-bond acceptors (Lipinski definition) is 9.